The molecule has 1 heterocycles. The van der Waals surface area contributed by atoms with E-state index in [1.807, 2.05) is 0 Å². The minimum absolute atomic E-state index is 0.0504. The second-order valence-corrected chi connectivity index (χ2v) is 6.19. The zero-order valence-corrected chi connectivity index (χ0v) is 13.0. The molecule has 0 bridgehead atoms. The molecule has 0 saturated carbocycles. The maximum absolute atomic E-state index is 13.3. The SMILES string of the molecule is OCC1CCCN(C(c2ccc(F)cc2)c2ccc(F)cc2)C1. The molecule has 0 aromatic heterocycles. The third kappa shape index (κ3) is 3.77. The fourth-order valence-corrected chi connectivity index (χ4v) is 3.39. The fraction of sp³-hybridized carbons (Fsp3) is 0.368. The van der Waals surface area contributed by atoms with Crippen LogP contribution in [-0.2, 0) is 0 Å². The Kier molecular flexibility index (Phi) is 5.03. The molecule has 1 fully saturated rings. The third-order valence-corrected chi connectivity index (χ3v) is 4.55. The van der Waals surface area contributed by atoms with E-state index in [-0.39, 0.29) is 30.2 Å². The first kappa shape index (κ1) is 16.1. The molecule has 0 amide bonds. The van der Waals surface area contributed by atoms with Crippen molar-refractivity contribution in [3.05, 3.63) is 71.3 Å². The molecule has 0 aliphatic carbocycles. The Bertz CT molecular complexity index is 581. The quantitative estimate of drug-likeness (QED) is 0.928. The minimum Gasteiger partial charge on any atom is -0.396 e. The first-order valence-corrected chi connectivity index (χ1v) is 8.03. The number of piperidine rings is 1. The molecule has 1 aliphatic rings. The van der Waals surface area contributed by atoms with Crippen molar-refractivity contribution in [2.75, 3.05) is 19.7 Å². The van der Waals surface area contributed by atoms with Crippen molar-refractivity contribution in [1.29, 1.82) is 0 Å². The van der Waals surface area contributed by atoms with Gasteiger partial charge in [0.15, 0.2) is 0 Å². The van der Waals surface area contributed by atoms with E-state index in [0.717, 1.165) is 37.1 Å². The lowest BCUT2D eigenvalue weighted by Gasteiger charge is -2.38. The molecular weight excluding hydrogens is 296 g/mol. The van der Waals surface area contributed by atoms with E-state index in [4.69, 9.17) is 0 Å². The van der Waals surface area contributed by atoms with Gasteiger partial charge < -0.3 is 5.11 Å². The molecule has 1 unspecified atom stereocenters. The Labute approximate surface area is 135 Å². The largest absolute Gasteiger partial charge is 0.396 e. The normalized spacial score (nSPS) is 19.2. The predicted octanol–water partition coefficient (Wildman–Crippen LogP) is 3.76. The molecule has 1 aliphatic heterocycles. The molecule has 2 aromatic rings. The second-order valence-electron chi connectivity index (χ2n) is 6.19. The number of aliphatic hydroxyl groups is 1. The Morgan fingerprint density at radius 3 is 1.96 bits per heavy atom. The standard InChI is InChI=1S/C19H21F2NO/c20-17-7-3-15(4-8-17)19(16-5-9-18(21)10-6-16)22-11-1-2-14(12-22)13-23/h3-10,14,19,23H,1-2,11-13H2. The van der Waals surface area contributed by atoms with Gasteiger partial charge in [0.2, 0.25) is 0 Å². The van der Waals surface area contributed by atoms with Crippen molar-refractivity contribution in [3.63, 3.8) is 0 Å². The highest BCUT2D eigenvalue weighted by atomic mass is 19.1. The second kappa shape index (κ2) is 7.20. The Hall–Kier alpha value is -1.78. The van der Waals surface area contributed by atoms with E-state index >= 15 is 0 Å². The lowest BCUT2D eigenvalue weighted by Crippen LogP contribution is -2.39. The lowest BCUT2D eigenvalue weighted by molar-refractivity contribution is 0.0999. The fourth-order valence-electron chi connectivity index (χ4n) is 3.39. The van der Waals surface area contributed by atoms with E-state index in [1.165, 1.54) is 24.3 Å². The summed E-state index contributed by atoms with van der Waals surface area (Å²) in [5, 5.41) is 9.48. The van der Waals surface area contributed by atoms with E-state index in [9.17, 15) is 13.9 Å². The summed E-state index contributed by atoms with van der Waals surface area (Å²) in [5.74, 6) is -0.274. The van der Waals surface area contributed by atoms with Crippen molar-refractivity contribution in [3.8, 4) is 0 Å². The number of aliphatic hydroxyl groups excluding tert-OH is 1. The summed E-state index contributed by atoms with van der Waals surface area (Å²) >= 11 is 0. The van der Waals surface area contributed by atoms with Crippen LogP contribution in [0.4, 0.5) is 8.78 Å². The number of hydrogen-bond acceptors (Lipinski definition) is 2. The van der Waals surface area contributed by atoms with Gasteiger partial charge in [-0.25, -0.2) is 8.78 Å². The molecule has 0 spiro atoms. The average molecular weight is 317 g/mol. The maximum atomic E-state index is 13.3. The Morgan fingerprint density at radius 2 is 1.48 bits per heavy atom. The number of rotatable bonds is 4. The maximum Gasteiger partial charge on any atom is 0.123 e. The number of nitrogens with zero attached hydrogens (tertiary/aromatic N) is 1. The summed E-state index contributed by atoms with van der Waals surface area (Å²) in [7, 11) is 0. The predicted molar refractivity (Wildman–Crippen MR) is 86.0 cm³/mol. The van der Waals surface area contributed by atoms with E-state index < -0.39 is 0 Å². The minimum atomic E-state index is -0.265. The van der Waals surface area contributed by atoms with Gasteiger partial charge in [0.05, 0.1) is 6.04 Å². The molecular formula is C19H21F2NO. The molecule has 2 nitrogen and oxygen atoms in total. The van der Waals surface area contributed by atoms with Crippen molar-refractivity contribution in [2.45, 2.75) is 18.9 Å². The van der Waals surface area contributed by atoms with E-state index in [1.54, 1.807) is 24.3 Å². The van der Waals surface area contributed by atoms with Crippen LogP contribution >= 0.6 is 0 Å². The van der Waals surface area contributed by atoms with Crippen LogP contribution in [0.2, 0.25) is 0 Å². The molecule has 0 radical (unpaired) electrons. The van der Waals surface area contributed by atoms with Crippen LogP contribution in [0, 0.1) is 17.6 Å². The van der Waals surface area contributed by atoms with Crippen molar-refractivity contribution in [1.82, 2.24) is 4.90 Å². The number of benzene rings is 2. The molecule has 2 aromatic carbocycles. The summed E-state index contributed by atoms with van der Waals surface area (Å²) in [4.78, 5) is 2.30. The highest BCUT2D eigenvalue weighted by molar-refractivity contribution is 5.32. The first-order chi connectivity index (χ1) is 11.2. The van der Waals surface area contributed by atoms with Crippen LogP contribution in [0.15, 0.2) is 48.5 Å². The van der Waals surface area contributed by atoms with Gasteiger partial charge in [0, 0.05) is 13.2 Å². The number of likely N-dealkylation sites (tertiary alicyclic amines) is 1. The molecule has 122 valence electrons. The van der Waals surface area contributed by atoms with Gasteiger partial charge in [-0.3, -0.25) is 4.90 Å². The van der Waals surface area contributed by atoms with Crippen LogP contribution in [0.5, 0.6) is 0 Å². The van der Waals surface area contributed by atoms with Gasteiger partial charge in [0.25, 0.3) is 0 Å². The summed E-state index contributed by atoms with van der Waals surface area (Å²) in [5.41, 5.74) is 1.97. The molecule has 3 rings (SSSR count). The van der Waals surface area contributed by atoms with Gasteiger partial charge in [-0.15, -0.1) is 0 Å². The van der Waals surface area contributed by atoms with Crippen molar-refractivity contribution in [2.24, 2.45) is 5.92 Å². The van der Waals surface area contributed by atoms with Crippen LogP contribution in [0.3, 0.4) is 0 Å². The smallest absolute Gasteiger partial charge is 0.123 e. The summed E-state index contributed by atoms with van der Waals surface area (Å²) < 4.78 is 26.5. The van der Waals surface area contributed by atoms with Gasteiger partial charge in [0.1, 0.15) is 11.6 Å². The van der Waals surface area contributed by atoms with Gasteiger partial charge in [-0.2, -0.15) is 0 Å². The first-order valence-electron chi connectivity index (χ1n) is 8.03. The van der Waals surface area contributed by atoms with E-state index in [0.29, 0.717) is 0 Å². The highest BCUT2D eigenvalue weighted by Crippen LogP contribution is 2.32. The van der Waals surface area contributed by atoms with Crippen molar-refractivity contribution >= 4 is 0 Å². The van der Waals surface area contributed by atoms with Crippen LogP contribution in [-0.4, -0.2) is 29.7 Å². The van der Waals surface area contributed by atoms with Crippen LogP contribution < -0.4 is 0 Å². The zero-order valence-electron chi connectivity index (χ0n) is 13.0. The highest BCUT2D eigenvalue weighted by Gasteiger charge is 2.27. The summed E-state index contributed by atoms with van der Waals surface area (Å²) in [6, 6.07) is 12.9. The molecule has 1 saturated heterocycles. The Balaban J connectivity index is 1.95. The molecule has 1 N–H and O–H groups in total. The molecule has 23 heavy (non-hydrogen) atoms. The van der Waals surface area contributed by atoms with E-state index in [2.05, 4.69) is 4.90 Å². The van der Waals surface area contributed by atoms with Crippen molar-refractivity contribution < 1.29 is 13.9 Å². The van der Waals surface area contributed by atoms with Gasteiger partial charge in [-0.1, -0.05) is 24.3 Å². The van der Waals surface area contributed by atoms with Gasteiger partial charge in [-0.05, 0) is 60.7 Å². The van der Waals surface area contributed by atoms with Crippen LogP contribution in [0.1, 0.15) is 30.0 Å². The summed E-state index contributed by atoms with van der Waals surface area (Å²) in [6.45, 7) is 1.88. The monoisotopic (exact) mass is 317 g/mol. The average Bonchev–Trinajstić information content (AvgIpc) is 2.59. The Morgan fingerprint density at radius 1 is 0.957 bits per heavy atom. The topological polar surface area (TPSA) is 23.5 Å². The summed E-state index contributed by atoms with van der Waals surface area (Å²) in [6.07, 6.45) is 2.04. The number of halogens is 2. The molecule has 1 atom stereocenters. The van der Waals surface area contributed by atoms with Gasteiger partial charge >= 0.3 is 0 Å². The third-order valence-electron chi connectivity index (χ3n) is 4.55. The van der Waals surface area contributed by atoms with Crippen LogP contribution in [0.25, 0.3) is 0 Å². The number of hydrogen-bond donors (Lipinski definition) is 1. The molecule has 4 heteroatoms. The zero-order chi connectivity index (χ0) is 16.2. The lowest BCUT2D eigenvalue weighted by atomic mass is 9.92.